The highest BCUT2D eigenvalue weighted by molar-refractivity contribution is 8.27. The van der Waals surface area contributed by atoms with E-state index in [0.717, 1.165) is 5.56 Å². The van der Waals surface area contributed by atoms with Gasteiger partial charge in [-0.2, -0.15) is 0 Å². The zero-order chi connectivity index (χ0) is 15.7. The third-order valence-corrected chi connectivity index (χ3v) is 4.45. The zero-order valence-corrected chi connectivity index (χ0v) is 12.9. The fraction of sp³-hybridized carbons (Fsp3) is 0.0625. The highest BCUT2D eigenvalue weighted by Crippen LogP contribution is 2.33. The van der Waals surface area contributed by atoms with Crippen molar-refractivity contribution in [2.75, 3.05) is 0 Å². The van der Waals surface area contributed by atoms with Crippen molar-refractivity contribution in [3.8, 4) is 11.3 Å². The summed E-state index contributed by atoms with van der Waals surface area (Å²) in [5, 5.41) is 8.88. The fourth-order valence-electron chi connectivity index (χ4n) is 2.04. The van der Waals surface area contributed by atoms with Gasteiger partial charge in [0.2, 0.25) is 0 Å². The van der Waals surface area contributed by atoms with Crippen molar-refractivity contribution < 1.29 is 19.1 Å². The molecular weight excluding hydrogens is 320 g/mol. The number of rotatable bonds is 3. The summed E-state index contributed by atoms with van der Waals surface area (Å²) in [7, 11) is 0. The van der Waals surface area contributed by atoms with Crippen LogP contribution in [0.3, 0.4) is 0 Å². The van der Waals surface area contributed by atoms with Crippen molar-refractivity contribution in [1.29, 1.82) is 0 Å². The first kappa shape index (κ1) is 14.7. The molecule has 0 bridgehead atoms. The molecule has 0 unspecified atom stereocenters. The number of thiocarbonyl (C=S) groups is 1. The Morgan fingerprint density at radius 1 is 1.23 bits per heavy atom. The maximum atomic E-state index is 11.7. The average molecular weight is 330 g/mol. The van der Waals surface area contributed by atoms with E-state index in [1.54, 1.807) is 30.3 Å². The van der Waals surface area contributed by atoms with E-state index in [0.29, 0.717) is 27.0 Å². The molecule has 0 radical (unpaired) electrons. The Hall–Kier alpha value is -2.18. The minimum absolute atomic E-state index is 0.0127. The van der Waals surface area contributed by atoms with Crippen molar-refractivity contribution in [1.82, 2.24) is 0 Å². The van der Waals surface area contributed by atoms with Crippen LogP contribution in [-0.4, -0.2) is 21.1 Å². The second-order valence-electron chi connectivity index (χ2n) is 4.67. The summed E-state index contributed by atoms with van der Waals surface area (Å²) >= 11 is 6.32. The van der Waals surface area contributed by atoms with Crippen LogP contribution in [0.4, 0.5) is 0 Å². The molecule has 1 saturated heterocycles. The van der Waals surface area contributed by atoms with Crippen molar-refractivity contribution in [2.24, 2.45) is 0 Å². The number of thioether (sulfide) groups is 1. The zero-order valence-electron chi connectivity index (χ0n) is 11.2. The molecule has 22 heavy (non-hydrogen) atoms. The van der Waals surface area contributed by atoms with Crippen LogP contribution in [0.15, 0.2) is 45.7 Å². The Labute approximate surface area is 135 Å². The maximum absolute atomic E-state index is 11.7. The second kappa shape index (κ2) is 5.90. The van der Waals surface area contributed by atoms with Crippen LogP contribution in [0.1, 0.15) is 22.5 Å². The second-order valence-corrected chi connectivity index (χ2v) is 6.56. The molecule has 0 aliphatic carbocycles. The lowest BCUT2D eigenvalue weighted by molar-refractivity contribution is -0.113. The number of allylic oxidation sites excluding steroid dienone is 1. The van der Waals surface area contributed by atoms with Crippen LogP contribution in [0.5, 0.6) is 0 Å². The number of carboxylic acids is 1. The van der Waals surface area contributed by atoms with Crippen LogP contribution >= 0.6 is 24.0 Å². The summed E-state index contributed by atoms with van der Waals surface area (Å²) in [5.41, 5.74) is 0.995. The lowest BCUT2D eigenvalue weighted by Crippen LogP contribution is -1.94. The molecule has 1 aromatic carbocycles. The number of ketones is 1. The lowest BCUT2D eigenvalue weighted by atomic mass is 10.1. The van der Waals surface area contributed by atoms with Crippen molar-refractivity contribution in [3.05, 3.63) is 52.6 Å². The van der Waals surface area contributed by atoms with Gasteiger partial charge in [-0.15, -0.1) is 0 Å². The van der Waals surface area contributed by atoms with E-state index in [-0.39, 0.29) is 11.3 Å². The van der Waals surface area contributed by atoms with E-state index in [1.807, 2.05) is 0 Å². The third kappa shape index (κ3) is 3.03. The van der Waals surface area contributed by atoms with E-state index in [9.17, 15) is 9.59 Å². The van der Waals surface area contributed by atoms with Gasteiger partial charge in [0.15, 0.2) is 5.78 Å². The first-order valence-electron chi connectivity index (χ1n) is 6.42. The van der Waals surface area contributed by atoms with Crippen LogP contribution in [0.25, 0.3) is 17.4 Å². The van der Waals surface area contributed by atoms with E-state index >= 15 is 0 Å². The number of hydrogen-bond acceptors (Lipinski definition) is 5. The summed E-state index contributed by atoms with van der Waals surface area (Å²) in [6.07, 6.45) is 1.98. The number of carbonyl (C=O) groups excluding carboxylic acids is 1. The molecule has 4 nitrogen and oxygen atoms in total. The highest BCUT2D eigenvalue weighted by atomic mass is 32.2. The molecule has 0 amide bonds. The number of carbonyl (C=O) groups is 2. The average Bonchev–Trinajstić information content (AvgIpc) is 3.06. The molecule has 2 aromatic rings. The predicted molar refractivity (Wildman–Crippen MR) is 88.9 cm³/mol. The highest BCUT2D eigenvalue weighted by Gasteiger charge is 2.23. The monoisotopic (exact) mass is 330 g/mol. The predicted octanol–water partition coefficient (Wildman–Crippen LogP) is 4.02. The quantitative estimate of drug-likeness (QED) is 0.677. The summed E-state index contributed by atoms with van der Waals surface area (Å²) in [4.78, 5) is 23.1. The maximum Gasteiger partial charge on any atom is 0.335 e. The molecule has 0 saturated carbocycles. The van der Waals surface area contributed by atoms with Gasteiger partial charge in [0, 0.05) is 5.56 Å². The Morgan fingerprint density at radius 3 is 2.55 bits per heavy atom. The molecule has 2 heterocycles. The lowest BCUT2D eigenvalue weighted by Gasteiger charge is -1.98. The normalized spacial score (nSPS) is 16.5. The van der Waals surface area contributed by atoms with E-state index in [4.69, 9.17) is 21.7 Å². The van der Waals surface area contributed by atoms with Gasteiger partial charge in [-0.3, -0.25) is 4.79 Å². The van der Waals surface area contributed by atoms with Gasteiger partial charge in [0.25, 0.3) is 0 Å². The van der Waals surface area contributed by atoms with Crippen molar-refractivity contribution >= 4 is 46.0 Å². The molecule has 1 aromatic heterocycles. The smallest absolute Gasteiger partial charge is 0.335 e. The van der Waals surface area contributed by atoms with Gasteiger partial charge in [-0.1, -0.05) is 36.1 Å². The van der Waals surface area contributed by atoms with E-state index < -0.39 is 5.97 Å². The Morgan fingerprint density at radius 2 is 1.95 bits per heavy atom. The number of Topliss-reactive ketones (excluding diaryl/α,β-unsaturated/α-hetero) is 1. The summed E-state index contributed by atoms with van der Waals surface area (Å²) in [6.45, 7) is 0. The van der Waals surface area contributed by atoms with E-state index in [2.05, 4.69) is 0 Å². The summed E-state index contributed by atoms with van der Waals surface area (Å²) in [5.74, 6) is 0.225. The Kier molecular flexibility index (Phi) is 3.96. The molecule has 1 N–H and O–H groups in total. The number of aromatic carboxylic acids is 1. The molecule has 1 aliphatic rings. The molecule has 0 spiro atoms. The Balaban J connectivity index is 1.85. The molecule has 3 rings (SSSR count). The van der Waals surface area contributed by atoms with Crippen molar-refractivity contribution in [2.45, 2.75) is 6.42 Å². The molecule has 0 atom stereocenters. The fourth-order valence-corrected chi connectivity index (χ4v) is 3.25. The molecule has 110 valence electrons. The van der Waals surface area contributed by atoms with Crippen LogP contribution in [0, 0.1) is 0 Å². The molecule has 1 aliphatic heterocycles. The van der Waals surface area contributed by atoms with Gasteiger partial charge in [-0.05, 0) is 30.3 Å². The van der Waals surface area contributed by atoms with Crippen LogP contribution in [0.2, 0.25) is 0 Å². The third-order valence-electron chi connectivity index (χ3n) is 3.12. The topological polar surface area (TPSA) is 67.5 Å². The summed E-state index contributed by atoms with van der Waals surface area (Å²) in [6, 6.07) is 9.96. The van der Waals surface area contributed by atoms with E-state index in [1.165, 1.54) is 23.9 Å². The first-order chi connectivity index (χ1) is 10.5. The molecule has 6 heteroatoms. The minimum atomic E-state index is -0.968. The molecule has 1 fully saturated rings. The van der Waals surface area contributed by atoms with Crippen LogP contribution < -0.4 is 0 Å². The minimum Gasteiger partial charge on any atom is -0.478 e. The van der Waals surface area contributed by atoms with Gasteiger partial charge < -0.3 is 9.52 Å². The molecular formula is C16H10O4S2. The summed E-state index contributed by atoms with van der Waals surface area (Å²) < 4.78 is 6.36. The number of benzene rings is 1. The number of carboxylic acid groups (broad SMARTS) is 1. The van der Waals surface area contributed by atoms with Gasteiger partial charge >= 0.3 is 5.97 Å². The first-order valence-corrected chi connectivity index (χ1v) is 7.64. The van der Waals surface area contributed by atoms with Gasteiger partial charge in [0.05, 0.1) is 21.1 Å². The van der Waals surface area contributed by atoms with Crippen LogP contribution in [-0.2, 0) is 4.79 Å². The van der Waals surface area contributed by atoms with Gasteiger partial charge in [-0.25, -0.2) is 4.79 Å². The number of furan rings is 1. The number of hydrogen-bond donors (Lipinski definition) is 1. The SMILES string of the molecule is O=C1CC(=S)S/C1=C\c1ccc(-c2ccc(C(=O)O)cc2)o1. The Bertz CT molecular complexity index is 800. The van der Waals surface area contributed by atoms with Gasteiger partial charge in [0.1, 0.15) is 11.5 Å². The largest absolute Gasteiger partial charge is 0.478 e. The standard InChI is InChI=1S/C16H10O4S2/c17-12-8-15(21)22-14(12)7-11-5-6-13(20-11)9-1-3-10(4-2-9)16(18)19/h1-7H,8H2,(H,18,19)/b14-7-. The van der Waals surface area contributed by atoms with Crippen molar-refractivity contribution in [3.63, 3.8) is 0 Å².